The maximum atomic E-state index is 4.53. The van der Waals surface area contributed by atoms with Crippen molar-refractivity contribution >= 4 is 0 Å². The molecule has 0 unspecified atom stereocenters. The Morgan fingerprint density at radius 3 is 2.40 bits per heavy atom. The second-order valence-electron chi connectivity index (χ2n) is 5.10. The molecule has 0 saturated heterocycles. The normalized spacial score (nSPS) is 14.4. The standard InChI is InChI=1S/C16H14N4/c1-2-4-13(5-3-1)15-8-9-20(19-15)16-17-10-14(11-18-16)12-6-7-12/h1-5,8-12H,6-7H2. The maximum absolute atomic E-state index is 4.53. The number of hydrogen-bond donors (Lipinski definition) is 0. The molecule has 3 aromatic rings. The van der Waals surface area contributed by atoms with Gasteiger partial charge in [0.2, 0.25) is 5.95 Å². The first kappa shape index (κ1) is 11.3. The van der Waals surface area contributed by atoms with Crippen LogP contribution in [0.2, 0.25) is 0 Å². The summed E-state index contributed by atoms with van der Waals surface area (Å²) in [7, 11) is 0. The van der Waals surface area contributed by atoms with Crippen molar-refractivity contribution in [3.05, 3.63) is 60.6 Å². The highest BCUT2D eigenvalue weighted by atomic mass is 15.3. The van der Waals surface area contributed by atoms with Crippen LogP contribution in [0.1, 0.15) is 24.3 Å². The van der Waals surface area contributed by atoms with Crippen LogP contribution >= 0.6 is 0 Å². The van der Waals surface area contributed by atoms with Gasteiger partial charge in [0, 0.05) is 24.2 Å². The molecular formula is C16H14N4. The summed E-state index contributed by atoms with van der Waals surface area (Å²) < 4.78 is 1.72. The molecule has 20 heavy (non-hydrogen) atoms. The van der Waals surface area contributed by atoms with Crippen molar-refractivity contribution in [3.63, 3.8) is 0 Å². The van der Waals surface area contributed by atoms with Crippen molar-refractivity contribution in [1.29, 1.82) is 0 Å². The lowest BCUT2D eigenvalue weighted by Gasteiger charge is -2.01. The molecule has 2 aromatic heterocycles. The van der Waals surface area contributed by atoms with Gasteiger partial charge in [0.15, 0.2) is 0 Å². The van der Waals surface area contributed by atoms with Crippen LogP contribution in [0.5, 0.6) is 0 Å². The van der Waals surface area contributed by atoms with E-state index >= 15 is 0 Å². The topological polar surface area (TPSA) is 43.6 Å². The van der Waals surface area contributed by atoms with E-state index in [0.29, 0.717) is 11.9 Å². The zero-order valence-corrected chi connectivity index (χ0v) is 11.0. The smallest absolute Gasteiger partial charge is 0.219 e. The third kappa shape index (κ3) is 2.09. The second-order valence-corrected chi connectivity index (χ2v) is 5.10. The molecule has 4 heteroatoms. The lowest BCUT2D eigenvalue weighted by atomic mass is 10.2. The van der Waals surface area contributed by atoms with Gasteiger partial charge in [-0.05, 0) is 30.4 Å². The van der Waals surface area contributed by atoms with Crippen molar-refractivity contribution in [3.8, 4) is 17.2 Å². The molecule has 1 aliphatic rings. The lowest BCUT2D eigenvalue weighted by Crippen LogP contribution is -2.02. The van der Waals surface area contributed by atoms with Gasteiger partial charge in [0.05, 0.1) is 5.69 Å². The zero-order valence-electron chi connectivity index (χ0n) is 11.0. The Morgan fingerprint density at radius 2 is 1.70 bits per heavy atom. The average molecular weight is 262 g/mol. The highest BCUT2D eigenvalue weighted by Gasteiger charge is 2.24. The van der Waals surface area contributed by atoms with Crippen LogP contribution < -0.4 is 0 Å². The Hall–Kier alpha value is -2.49. The Bertz CT molecular complexity index is 712. The first-order chi connectivity index (χ1) is 9.90. The minimum atomic E-state index is 0.622. The van der Waals surface area contributed by atoms with Gasteiger partial charge >= 0.3 is 0 Å². The number of aromatic nitrogens is 4. The van der Waals surface area contributed by atoms with Crippen LogP contribution in [0.4, 0.5) is 0 Å². The molecule has 0 atom stereocenters. The highest BCUT2D eigenvalue weighted by Crippen LogP contribution is 2.39. The van der Waals surface area contributed by atoms with Crippen molar-refractivity contribution in [1.82, 2.24) is 19.7 Å². The Labute approximate surface area is 117 Å². The number of hydrogen-bond acceptors (Lipinski definition) is 3. The fraction of sp³-hybridized carbons (Fsp3) is 0.188. The number of benzene rings is 1. The van der Waals surface area contributed by atoms with Crippen molar-refractivity contribution in [2.75, 3.05) is 0 Å². The SMILES string of the molecule is c1ccc(-c2ccn(-c3ncc(C4CC4)cn3)n2)cc1. The monoisotopic (exact) mass is 262 g/mol. The van der Waals surface area contributed by atoms with Crippen LogP contribution in [0.3, 0.4) is 0 Å². The summed E-state index contributed by atoms with van der Waals surface area (Å²) in [5.74, 6) is 1.30. The van der Waals surface area contributed by atoms with E-state index in [2.05, 4.69) is 15.1 Å². The predicted molar refractivity (Wildman–Crippen MR) is 76.6 cm³/mol. The summed E-state index contributed by atoms with van der Waals surface area (Å²) >= 11 is 0. The van der Waals surface area contributed by atoms with Crippen LogP contribution in [0.25, 0.3) is 17.2 Å². The van der Waals surface area contributed by atoms with E-state index in [1.165, 1.54) is 18.4 Å². The maximum Gasteiger partial charge on any atom is 0.250 e. The molecule has 1 saturated carbocycles. The summed E-state index contributed by atoms with van der Waals surface area (Å²) in [6.07, 6.45) is 8.27. The van der Waals surface area contributed by atoms with Gasteiger partial charge in [0.25, 0.3) is 0 Å². The van der Waals surface area contributed by atoms with Crippen molar-refractivity contribution < 1.29 is 0 Å². The minimum absolute atomic E-state index is 0.622. The molecule has 0 bridgehead atoms. The van der Waals surface area contributed by atoms with Gasteiger partial charge in [-0.1, -0.05) is 30.3 Å². The van der Waals surface area contributed by atoms with Crippen LogP contribution in [0, 0.1) is 0 Å². The quantitative estimate of drug-likeness (QED) is 0.728. The molecule has 2 heterocycles. The van der Waals surface area contributed by atoms with E-state index in [4.69, 9.17) is 0 Å². The molecule has 98 valence electrons. The first-order valence-electron chi connectivity index (χ1n) is 6.83. The summed E-state index contributed by atoms with van der Waals surface area (Å²) in [5.41, 5.74) is 3.27. The Balaban J connectivity index is 1.64. The van der Waals surface area contributed by atoms with Crippen molar-refractivity contribution in [2.45, 2.75) is 18.8 Å². The van der Waals surface area contributed by atoms with Gasteiger partial charge in [-0.3, -0.25) is 0 Å². The molecule has 0 N–H and O–H groups in total. The van der Waals surface area contributed by atoms with Gasteiger partial charge in [-0.15, -0.1) is 0 Å². The molecule has 1 fully saturated rings. The molecular weight excluding hydrogens is 248 g/mol. The van der Waals surface area contributed by atoms with E-state index in [1.54, 1.807) is 4.68 Å². The van der Waals surface area contributed by atoms with Gasteiger partial charge < -0.3 is 0 Å². The molecule has 4 rings (SSSR count). The van der Waals surface area contributed by atoms with Crippen LogP contribution in [-0.4, -0.2) is 19.7 Å². The van der Waals surface area contributed by atoms with E-state index in [0.717, 1.165) is 11.3 Å². The molecule has 0 spiro atoms. The van der Waals surface area contributed by atoms with Gasteiger partial charge in [-0.25, -0.2) is 14.6 Å². The van der Waals surface area contributed by atoms with E-state index < -0.39 is 0 Å². The summed E-state index contributed by atoms with van der Waals surface area (Å²) in [5, 5.41) is 4.53. The Morgan fingerprint density at radius 1 is 0.950 bits per heavy atom. The molecule has 1 aromatic carbocycles. The first-order valence-corrected chi connectivity index (χ1v) is 6.83. The molecule has 1 aliphatic carbocycles. The fourth-order valence-corrected chi connectivity index (χ4v) is 2.28. The largest absolute Gasteiger partial charge is 0.250 e. The molecule has 0 radical (unpaired) electrons. The van der Waals surface area contributed by atoms with E-state index in [1.807, 2.05) is 55.0 Å². The van der Waals surface area contributed by atoms with Crippen LogP contribution in [0.15, 0.2) is 55.0 Å². The summed E-state index contributed by atoms with van der Waals surface area (Å²) in [4.78, 5) is 8.81. The fourth-order valence-electron chi connectivity index (χ4n) is 2.28. The lowest BCUT2D eigenvalue weighted by molar-refractivity contribution is 0.804. The molecule has 4 nitrogen and oxygen atoms in total. The zero-order chi connectivity index (χ0) is 13.4. The van der Waals surface area contributed by atoms with Crippen molar-refractivity contribution in [2.24, 2.45) is 0 Å². The average Bonchev–Trinajstić information content (AvgIpc) is 3.25. The van der Waals surface area contributed by atoms with Gasteiger partial charge in [-0.2, -0.15) is 5.10 Å². The minimum Gasteiger partial charge on any atom is -0.219 e. The van der Waals surface area contributed by atoms with Crippen LogP contribution in [-0.2, 0) is 0 Å². The second kappa shape index (κ2) is 4.56. The third-order valence-electron chi connectivity index (χ3n) is 3.57. The number of rotatable bonds is 3. The third-order valence-corrected chi connectivity index (χ3v) is 3.57. The predicted octanol–water partition coefficient (Wildman–Crippen LogP) is 3.21. The number of nitrogens with zero attached hydrogens (tertiary/aromatic N) is 4. The van der Waals surface area contributed by atoms with E-state index in [-0.39, 0.29) is 0 Å². The summed E-state index contributed by atoms with van der Waals surface area (Å²) in [6.45, 7) is 0. The summed E-state index contributed by atoms with van der Waals surface area (Å²) in [6, 6.07) is 12.1. The molecule has 0 aliphatic heterocycles. The Kier molecular flexibility index (Phi) is 2.59. The van der Waals surface area contributed by atoms with E-state index in [9.17, 15) is 0 Å². The highest BCUT2D eigenvalue weighted by molar-refractivity contribution is 5.58. The van der Waals surface area contributed by atoms with Gasteiger partial charge in [0.1, 0.15) is 0 Å². The molecule has 0 amide bonds.